The number of thiazole rings is 1. The van der Waals surface area contributed by atoms with Crippen LogP contribution in [0.25, 0.3) is 0 Å². The largest absolute Gasteiger partial charge is 0.246 e. The Hall–Kier alpha value is -0.370. The first-order valence-corrected chi connectivity index (χ1v) is 5.53. The highest BCUT2D eigenvalue weighted by atomic mass is 32.1. The molecular weight excluding hydrogens is 166 g/mol. The fourth-order valence-electron chi connectivity index (χ4n) is 1.19. The third-order valence-corrected chi connectivity index (χ3v) is 2.64. The lowest BCUT2D eigenvalue weighted by Gasteiger charge is -1.98. The molecular formula is C10H17NS. The van der Waals surface area contributed by atoms with E-state index in [1.165, 1.54) is 17.1 Å². The molecule has 0 radical (unpaired) electrons. The molecule has 2 heteroatoms. The van der Waals surface area contributed by atoms with E-state index in [-0.39, 0.29) is 0 Å². The van der Waals surface area contributed by atoms with E-state index in [0.29, 0.717) is 0 Å². The van der Waals surface area contributed by atoms with Gasteiger partial charge in [-0.2, -0.15) is 0 Å². The van der Waals surface area contributed by atoms with Gasteiger partial charge in [0.1, 0.15) is 0 Å². The van der Waals surface area contributed by atoms with Crippen molar-refractivity contribution in [1.82, 2.24) is 4.98 Å². The Morgan fingerprint density at radius 3 is 2.83 bits per heavy atom. The SMILES string of the molecule is CCCc1nc(CC(C)C)cs1. The molecule has 12 heavy (non-hydrogen) atoms. The van der Waals surface area contributed by atoms with Crippen LogP contribution in [0.4, 0.5) is 0 Å². The number of rotatable bonds is 4. The maximum Gasteiger partial charge on any atom is 0.0928 e. The van der Waals surface area contributed by atoms with Gasteiger partial charge in [0.05, 0.1) is 10.7 Å². The van der Waals surface area contributed by atoms with Crippen LogP contribution in [0.1, 0.15) is 37.9 Å². The minimum atomic E-state index is 0.724. The third-order valence-electron chi connectivity index (χ3n) is 1.68. The number of nitrogens with zero attached hydrogens (tertiary/aromatic N) is 1. The number of aromatic nitrogens is 1. The van der Waals surface area contributed by atoms with Gasteiger partial charge >= 0.3 is 0 Å². The molecule has 0 amide bonds. The van der Waals surface area contributed by atoms with E-state index in [2.05, 4.69) is 31.1 Å². The lowest BCUT2D eigenvalue weighted by atomic mass is 10.1. The smallest absolute Gasteiger partial charge is 0.0928 e. The average molecular weight is 183 g/mol. The van der Waals surface area contributed by atoms with Crippen LogP contribution in [0.15, 0.2) is 5.38 Å². The molecule has 68 valence electrons. The lowest BCUT2D eigenvalue weighted by Crippen LogP contribution is -1.94. The Morgan fingerprint density at radius 1 is 1.50 bits per heavy atom. The van der Waals surface area contributed by atoms with Gasteiger partial charge in [0.25, 0.3) is 0 Å². The third kappa shape index (κ3) is 2.94. The molecule has 1 aromatic rings. The van der Waals surface area contributed by atoms with E-state index in [0.717, 1.165) is 18.8 Å². The summed E-state index contributed by atoms with van der Waals surface area (Å²) in [6.07, 6.45) is 3.47. The van der Waals surface area contributed by atoms with E-state index >= 15 is 0 Å². The summed E-state index contributed by atoms with van der Waals surface area (Å²) in [5.41, 5.74) is 1.28. The fourth-order valence-corrected chi connectivity index (χ4v) is 2.10. The van der Waals surface area contributed by atoms with Gasteiger partial charge in [0, 0.05) is 5.38 Å². The zero-order valence-corrected chi connectivity index (χ0v) is 8.95. The molecule has 0 aliphatic heterocycles. The van der Waals surface area contributed by atoms with Crippen molar-refractivity contribution in [2.45, 2.75) is 40.0 Å². The van der Waals surface area contributed by atoms with Gasteiger partial charge in [-0.25, -0.2) is 4.98 Å². The van der Waals surface area contributed by atoms with Crippen molar-refractivity contribution in [3.63, 3.8) is 0 Å². The summed E-state index contributed by atoms with van der Waals surface area (Å²) in [6, 6.07) is 0. The quantitative estimate of drug-likeness (QED) is 0.698. The summed E-state index contributed by atoms with van der Waals surface area (Å²) in [5.74, 6) is 0.724. The highest BCUT2D eigenvalue weighted by molar-refractivity contribution is 7.09. The number of hydrogen-bond acceptors (Lipinski definition) is 2. The second kappa shape index (κ2) is 4.61. The van der Waals surface area contributed by atoms with Crippen LogP contribution in [0.2, 0.25) is 0 Å². The molecule has 1 aromatic heterocycles. The summed E-state index contributed by atoms with van der Waals surface area (Å²) in [6.45, 7) is 6.67. The number of hydrogen-bond donors (Lipinski definition) is 0. The summed E-state index contributed by atoms with van der Waals surface area (Å²) in [7, 11) is 0. The van der Waals surface area contributed by atoms with Crippen molar-refractivity contribution in [1.29, 1.82) is 0 Å². The first-order chi connectivity index (χ1) is 5.72. The van der Waals surface area contributed by atoms with Gasteiger partial charge in [0.15, 0.2) is 0 Å². The number of aryl methyl sites for hydroxylation is 1. The van der Waals surface area contributed by atoms with E-state index < -0.39 is 0 Å². The van der Waals surface area contributed by atoms with Crippen LogP contribution in [0.3, 0.4) is 0 Å². The second-order valence-electron chi connectivity index (χ2n) is 3.58. The van der Waals surface area contributed by atoms with Crippen molar-refractivity contribution >= 4 is 11.3 Å². The molecule has 0 saturated heterocycles. The Bertz CT molecular complexity index is 227. The van der Waals surface area contributed by atoms with Crippen LogP contribution < -0.4 is 0 Å². The molecule has 0 saturated carbocycles. The maximum atomic E-state index is 4.56. The highest BCUT2D eigenvalue weighted by Crippen LogP contribution is 2.14. The van der Waals surface area contributed by atoms with Crippen LogP contribution in [-0.4, -0.2) is 4.98 Å². The molecule has 0 aromatic carbocycles. The minimum Gasteiger partial charge on any atom is -0.246 e. The van der Waals surface area contributed by atoms with Crippen LogP contribution in [-0.2, 0) is 12.8 Å². The first-order valence-electron chi connectivity index (χ1n) is 4.65. The predicted molar refractivity (Wildman–Crippen MR) is 54.7 cm³/mol. The summed E-state index contributed by atoms with van der Waals surface area (Å²) in [4.78, 5) is 4.56. The molecule has 0 bridgehead atoms. The molecule has 1 nitrogen and oxygen atoms in total. The summed E-state index contributed by atoms with van der Waals surface area (Å²) in [5, 5.41) is 3.50. The lowest BCUT2D eigenvalue weighted by molar-refractivity contribution is 0.636. The molecule has 1 heterocycles. The Balaban J connectivity index is 2.52. The summed E-state index contributed by atoms with van der Waals surface area (Å²) < 4.78 is 0. The second-order valence-corrected chi connectivity index (χ2v) is 4.52. The van der Waals surface area contributed by atoms with E-state index in [4.69, 9.17) is 0 Å². The van der Waals surface area contributed by atoms with Crippen molar-refractivity contribution < 1.29 is 0 Å². The van der Waals surface area contributed by atoms with E-state index in [1.807, 2.05) is 0 Å². The van der Waals surface area contributed by atoms with Gasteiger partial charge in [-0.15, -0.1) is 11.3 Å². The zero-order chi connectivity index (χ0) is 8.97. The molecule has 0 aliphatic carbocycles. The molecule has 0 atom stereocenters. The maximum absolute atomic E-state index is 4.56. The van der Waals surface area contributed by atoms with Gasteiger partial charge in [-0.05, 0) is 25.2 Å². The molecule has 0 aliphatic rings. The Labute approximate surface area is 78.8 Å². The Morgan fingerprint density at radius 2 is 2.25 bits per heavy atom. The highest BCUT2D eigenvalue weighted by Gasteiger charge is 2.02. The molecule has 0 spiro atoms. The van der Waals surface area contributed by atoms with Gasteiger partial charge in [-0.3, -0.25) is 0 Å². The predicted octanol–water partition coefficient (Wildman–Crippen LogP) is 3.29. The fraction of sp³-hybridized carbons (Fsp3) is 0.700. The van der Waals surface area contributed by atoms with Crippen molar-refractivity contribution in [3.05, 3.63) is 16.1 Å². The van der Waals surface area contributed by atoms with Crippen LogP contribution in [0, 0.1) is 5.92 Å². The molecule has 1 rings (SSSR count). The summed E-state index contributed by atoms with van der Waals surface area (Å²) >= 11 is 1.80. The standard InChI is InChI=1S/C10H17NS/c1-4-5-10-11-9(7-12-10)6-8(2)3/h7-8H,4-6H2,1-3H3. The van der Waals surface area contributed by atoms with E-state index in [1.54, 1.807) is 11.3 Å². The van der Waals surface area contributed by atoms with Crippen molar-refractivity contribution in [2.75, 3.05) is 0 Å². The first kappa shape index (κ1) is 9.72. The van der Waals surface area contributed by atoms with Gasteiger partial charge in [-0.1, -0.05) is 20.8 Å². The topological polar surface area (TPSA) is 12.9 Å². The Kier molecular flexibility index (Phi) is 3.73. The monoisotopic (exact) mass is 183 g/mol. The molecule has 0 N–H and O–H groups in total. The minimum absolute atomic E-state index is 0.724. The van der Waals surface area contributed by atoms with Crippen LogP contribution in [0.5, 0.6) is 0 Å². The normalized spacial score (nSPS) is 11.0. The average Bonchev–Trinajstić information content (AvgIpc) is 2.36. The van der Waals surface area contributed by atoms with E-state index in [9.17, 15) is 0 Å². The van der Waals surface area contributed by atoms with Crippen molar-refractivity contribution in [2.24, 2.45) is 5.92 Å². The molecule has 0 unspecified atom stereocenters. The van der Waals surface area contributed by atoms with Crippen molar-refractivity contribution in [3.8, 4) is 0 Å². The van der Waals surface area contributed by atoms with Gasteiger partial charge < -0.3 is 0 Å². The zero-order valence-electron chi connectivity index (χ0n) is 8.13. The molecule has 0 fully saturated rings. The van der Waals surface area contributed by atoms with Gasteiger partial charge in [0.2, 0.25) is 0 Å². The van der Waals surface area contributed by atoms with Crippen LogP contribution >= 0.6 is 11.3 Å².